The lowest BCUT2D eigenvalue weighted by molar-refractivity contribution is -0.539. The summed E-state index contributed by atoms with van der Waals surface area (Å²) in [7, 11) is -9.23. The molecule has 1 amide bonds. The SMILES string of the molecule is CCN(Cc1cccc(S(=O)(=O)O)c1)c1ccc(C(=C2C=CC(=[N+](CC)Cc3cccc(C)c3)C=C2)c2ccc(C(=O)NCCc3ccc(O)cc3)cc2S(=O)(=O)O)cc1. The van der Waals surface area contributed by atoms with Crippen molar-refractivity contribution in [2.24, 2.45) is 0 Å². The van der Waals surface area contributed by atoms with Crippen molar-refractivity contribution >= 4 is 43.1 Å². The van der Waals surface area contributed by atoms with Crippen molar-refractivity contribution in [3.8, 4) is 5.75 Å². The fourth-order valence-corrected chi connectivity index (χ4v) is 8.43. The number of nitrogens with one attached hydrogen (secondary N) is 1. The Morgan fingerprint density at radius 1 is 0.717 bits per heavy atom. The first kappa shape index (κ1) is 43.5. The average molecular weight is 847 g/mol. The van der Waals surface area contributed by atoms with Gasteiger partial charge < -0.3 is 15.3 Å². The molecule has 60 heavy (non-hydrogen) atoms. The Bertz CT molecular complexity index is 2720. The van der Waals surface area contributed by atoms with E-state index >= 15 is 0 Å². The van der Waals surface area contributed by atoms with Gasteiger partial charge in [-0.3, -0.25) is 13.9 Å². The molecular weight excluding hydrogens is 799 g/mol. The van der Waals surface area contributed by atoms with Crippen molar-refractivity contribution in [3.63, 3.8) is 0 Å². The highest BCUT2D eigenvalue weighted by Gasteiger charge is 2.25. The van der Waals surface area contributed by atoms with Gasteiger partial charge >= 0.3 is 0 Å². The topological polar surface area (TPSA) is 164 Å². The second kappa shape index (κ2) is 18.9. The lowest BCUT2D eigenvalue weighted by atomic mass is 9.90. The summed E-state index contributed by atoms with van der Waals surface area (Å²) in [4.78, 5) is 14.7. The summed E-state index contributed by atoms with van der Waals surface area (Å²) < 4.78 is 72.4. The largest absolute Gasteiger partial charge is 0.508 e. The van der Waals surface area contributed by atoms with Crippen LogP contribution in [0.3, 0.4) is 0 Å². The van der Waals surface area contributed by atoms with Gasteiger partial charge in [-0.1, -0.05) is 66.2 Å². The van der Waals surface area contributed by atoms with Crippen molar-refractivity contribution < 1.29 is 40.4 Å². The normalized spacial score (nSPS) is 12.7. The molecule has 13 heteroatoms. The molecule has 0 heterocycles. The zero-order valence-corrected chi connectivity index (χ0v) is 35.2. The van der Waals surface area contributed by atoms with E-state index in [2.05, 4.69) is 41.9 Å². The predicted octanol–water partition coefficient (Wildman–Crippen LogP) is 7.79. The maximum atomic E-state index is 13.3. The molecule has 0 fully saturated rings. The molecule has 0 aliphatic heterocycles. The van der Waals surface area contributed by atoms with Gasteiger partial charge in [-0.25, -0.2) is 4.58 Å². The summed E-state index contributed by atoms with van der Waals surface area (Å²) in [5.41, 5.74) is 7.73. The number of carbonyl (C=O) groups excluding carboxylic acids is 1. The first-order valence-electron chi connectivity index (χ1n) is 19.5. The molecule has 0 bridgehead atoms. The van der Waals surface area contributed by atoms with Gasteiger partial charge in [-0.2, -0.15) is 16.8 Å². The van der Waals surface area contributed by atoms with E-state index in [0.29, 0.717) is 48.3 Å². The maximum absolute atomic E-state index is 13.3. The molecule has 1 aliphatic rings. The van der Waals surface area contributed by atoms with E-state index in [1.54, 1.807) is 36.4 Å². The second-order valence-electron chi connectivity index (χ2n) is 14.5. The number of hydrogen-bond acceptors (Lipinski definition) is 7. The van der Waals surface area contributed by atoms with Crippen LogP contribution < -0.4 is 10.2 Å². The number of phenolic OH excluding ortho intramolecular Hbond substituents is 1. The van der Waals surface area contributed by atoms with Crippen molar-refractivity contribution in [1.29, 1.82) is 0 Å². The van der Waals surface area contributed by atoms with Crippen LogP contribution in [0.1, 0.15) is 57.6 Å². The number of nitrogens with zero attached hydrogens (tertiary/aromatic N) is 2. The van der Waals surface area contributed by atoms with Crippen LogP contribution in [0.15, 0.2) is 155 Å². The van der Waals surface area contributed by atoms with Gasteiger partial charge in [0, 0.05) is 54.2 Å². The first-order valence-corrected chi connectivity index (χ1v) is 22.4. The molecule has 0 spiro atoms. The van der Waals surface area contributed by atoms with E-state index in [9.17, 15) is 35.8 Å². The number of amides is 1. The van der Waals surface area contributed by atoms with Crippen LogP contribution in [-0.2, 0) is 39.7 Å². The highest BCUT2D eigenvalue weighted by molar-refractivity contribution is 7.86. The van der Waals surface area contributed by atoms with Crippen LogP contribution in [-0.4, -0.2) is 66.9 Å². The van der Waals surface area contributed by atoms with E-state index in [1.807, 2.05) is 66.5 Å². The Balaban J connectivity index is 1.38. The minimum Gasteiger partial charge on any atom is -0.508 e. The molecule has 0 saturated carbocycles. The summed E-state index contributed by atoms with van der Waals surface area (Å²) in [6.07, 6.45) is 8.26. The van der Waals surface area contributed by atoms with Crippen LogP contribution in [0.4, 0.5) is 5.69 Å². The second-order valence-corrected chi connectivity index (χ2v) is 17.3. The molecule has 0 unspecified atom stereocenters. The first-order chi connectivity index (χ1) is 28.6. The Hall–Kier alpha value is -6.12. The van der Waals surface area contributed by atoms with E-state index in [0.717, 1.165) is 23.5 Å². The molecule has 11 nitrogen and oxygen atoms in total. The van der Waals surface area contributed by atoms with Gasteiger partial charge in [0.15, 0.2) is 12.3 Å². The number of carbonyl (C=O) groups is 1. The van der Waals surface area contributed by atoms with Crippen molar-refractivity contribution in [2.45, 2.75) is 50.1 Å². The number of benzene rings is 5. The molecule has 0 aromatic heterocycles. The zero-order chi connectivity index (χ0) is 43.0. The smallest absolute Gasteiger partial charge is 0.295 e. The number of aryl methyl sites for hydroxylation is 1. The minimum atomic E-state index is -4.86. The Morgan fingerprint density at radius 2 is 1.38 bits per heavy atom. The Labute approximate surface area is 351 Å². The van der Waals surface area contributed by atoms with Crippen LogP contribution in [0.5, 0.6) is 5.75 Å². The van der Waals surface area contributed by atoms with Crippen molar-refractivity contribution in [2.75, 3.05) is 24.5 Å². The van der Waals surface area contributed by atoms with Gasteiger partial charge in [0.25, 0.3) is 26.1 Å². The van der Waals surface area contributed by atoms with E-state index in [1.165, 1.54) is 41.5 Å². The number of anilines is 1. The fraction of sp³-hybridized carbons (Fsp3) is 0.191. The molecule has 0 saturated heterocycles. The van der Waals surface area contributed by atoms with Gasteiger partial charge in [0.1, 0.15) is 17.2 Å². The van der Waals surface area contributed by atoms with Crippen molar-refractivity contribution in [3.05, 3.63) is 184 Å². The number of phenols is 1. The summed E-state index contributed by atoms with van der Waals surface area (Å²) in [5.74, 6) is -0.384. The molecule has 0 radical (unpaired) electrons. The third-order valence-electron chi connectivity index (χ3n) is 10.3. The molecule has 4 N–H and O–H groups in total. The third-order valence-corrected chi connectivity index (χ3v) is 12.0. The van der Waals surface area contributed by atoms with Crippen molar-refractivity contribution in [1.82, 2.24) is 5.32 Å². The van der Waals surface area contributed by atoms with Crippen LogP contribution in [0.2, 0.25) is 0 Å². The number of hydrogen-bond donors (Lipinski definition) is 4. The van der Waals surface area contributed by atoms with Gasteiger partial charge in [0.2, 0.25) is 0 Å². The van der Waals surface area contributed by atoms with Crippen LogP contribution in [0.25, 0.3) is 5.57 Å². The molecule has 1 aliphatic carbocycles. The number of rotatable bonds is 15. The minimum absolute atomic E-state index is 0.0496. The Morgan fingerprint density at radius 3 is 2.02 bits per heavy atom. The highest BCUT2D eigenvalue weighted by Crippen LogP contribution is 2.35. The summed E-state index contributed by atoms with van der Waals surface area (Å²) >= 11 is 0. The number of allylic oxidation sites excluding steroid dienone is 5. The summed E-state index contributed by atoms with van der Waals surface area (Å²) in [5, 5.41) is 12.4. The average Bonchev–Trinajstić information content (AvgIpc) is 3.23. The van der Waals surface area contributed by atoms with Gasteiger partial charge in [-0.05, 0) is 122 Å². The monoisotopic (exact) mass is 846 g/mol. The summed E-state index contributed by atoms with van der Waals surface area (Å²) in [6, 6.07) is 32.8. The van der Waals surface area contributed by atoms with Gasteiger partial charge in [-0.15, -0.1) is 0 Å². The quantitative estimate of drug-likeness (QED) is 0.0608. The Kier molecular flexibility index (Phi) is 13.7. The summed E-state index contributed by atoms with van der Waals surface area (Å²) in [6.45, 7) is 8.69. The molecule has 0 atom stereocenters. The van der Waals surface area contributed by atoms with E-state index < -0.39 is 31.0 Å². The molecule has 310 valence electrons. The third kappa shape index (κ3) is 10.9. The molecule has 5 aromatic carbocycles. The molecule has 5 aromatic rings. The lowest BCUT2D eigenvalue weighted by Gasteiger charge is -2.24. The standard InChI is InChI=1S/C47H47N3O8S2/c1-4-49(31-35-9-6-8-33(3)28-35)40-19-14-37(15-20-40)46(38-16-21-41(22-17-38)50(5-2)32-36-10-7-11-43(29-36)59(53,54)55)44-25-18-39(30-45(44)60(56,57)58)47(52)48-27-26-34-12-23-42(51)24-13-34/h6-25,28-30H,4-5,26-27,31-32H2,1-3H3,(H3-,48,51,52,53,54,55,56,57,58)/p+1. The molecular formula is C47H48N3O8S2+. The van der Waals surface area contributed by atoms with Crippen LogP contribution in [0, 0.1) is 6.92 Å². The highest BCUT2D eigenvalue weighted by atomic mass is 32.2. The lowest BCUT2D eigenvalue weighted by Crippen LogP contribution is -2.26. The molecule has 6 rings (SSSR count). The van der Waals surface area contributed by atoms with E-state index in [-0.39, 0.29) is 28.3 Å². The fourth-order valence-electron chi connectivity index (χ4n) is 7.15. The maximum Gasteiger partial charge on any atom is 0.295 e. The predicted molar refractivity (Wildman–Crippen MR) is 235 cm³/mol. The number of aromatic hydroxyl groups is 1. The van der Waals surface area contributed by atoms with Gasteiger partial charge in [0.05, 0.1) is 4.90 Å². The zero-order valence-electron chi connectivity index (χ0n) is 33.6. The van der Waals surface area contributed by atoms with Crippen LogP contribution >= 0.6 is 0 Å². The van der Waals surface area contributed by atoms with E-state index in [4.69, 9.17) is 0 Å².